The van der Waals surface area contributed by atoms with Gasteiger partial charge in [0, 0.05) is 32.4 Å². The Labute approximate surface area is 143 Å². The molecule has 0 spiro atoms. The summed E-state index contributed by atoms with van der Waals surface area (Å²) in [5.74, 6) is 2.34. The molecule has 6 nitrogen and oxygen atoms in total. The first-order chi connectivity index (χ1) is 11.7. The smallest absolute Gasteiger partial charge is 0.229 e. The van der Waals surface area contributed by atoms with Gasteiger partial charge >= 0.3 is 0 Å². The van der Waals surface area contributed by atoms with Gasteiger partial charge in [-0.2, -0.15) is 4.98 Å². The summed E-state index contributed by atoms with van der Waals surface area (Å²) in [5.41, 5.74) is 2.04. The fourth-order valence-electron chi connectivity index (χ4n) is 2.92. The molecule has 1 aromatic heterocycles. The van der Waals surface area contributed by atoms with Crippen molar-refractivity contribution in [3.63, 3.8) is 0 Å². The Morgan fingerprint density at radius 3 is 2.67 bits per heavy atom. The van der Waals surface area contributed by atoms with E-state index in [1.54, 1.807) is 13.3 Å². The normalized spacial score (nSPS) is 15.4. The zero-order valence-electron chi connectivity index (χ0n) is 14.6. The summed E-state index contributed by atoms with van der Waals surface area (Å²) in [6.07, 6.45) is 1.80. The Balaban J connectivity index is 1.75. The van der Waals surface area contributed by atoms with Crippen LogP contribution in [0.25, 0.3) is 0 Å². The Morgan fingerprint density at radius 1 is 1.17 bits per heavy atom. The molecule has 2 heterocycles. The fraction of sp³-hybridized carbons (Fsp3) is 0.444. The second kappa shape index (κ2) is 7.49. The highest BCUT2D eigenvalue weighted by atomic mass is 16.5. The number of nitrogens with one attached hydrogen (secondary N) is 1. The number of likely N-dealkylation sites (N-methyl/N-ethyl adjacent to an activating group) is 1. The van der Waals surface area contributed by atoms with Gasteiger partial charge in [0.05, 0.1) is 12.8 Å². The molecule has 1 fully saturated rings. The summed E-state index contributed by atoms with van der Waals surface area (Å²) in [7, 11) is 1.67. The van der Waals surface area contributed by atoms with Gasteiger partial charge in [0.1, 0.15) is 11.6 Å². The summed E-state index contributed by atoms with van der Waals surface area (Å²) in [5, 5.41) is 3.28. The molecular weight excluding hydrogens is 302 g/mol. The van der Waals surface area contributed by atoms with Crippen molar-refractivity contribution in [2.45, 2.75) is 13.8 Å². The molecule has 1 aliphatic heterocycles. The summed E-state index contributed by atoms with van der Waals surface area (Å²) >= 11 is 0. The first kappa shape index (κ1) is 16.5. The van der Waals surface area contributed by atoms with Gasteiger partial charge in [-0.3, -0.25) is 0 Å². The van der Waals surface area contributed by atoms with Crippen LogP contribution in [0, 0.1) is 6.92 Å². The maximum Gasteiger partial charge on any atom is 0.229 e. The Morgan fingerprint density at radius 2 is 1.96 bits per heavy atom. The highest BCUT2D eigenvalue weighted by Crippen LogP contribution is 2.27. The van der Waals surface area contributed by atoms with E-state index in [-0.39, 0.29) is 0 Å². The minimum absolute atomic E-state index is 0.592. The second-order valence-electron chi connectivity index (χ2n) is 5.99. The van der Waals surface area contributed by atoms with E-state index in [1.165, 1.54) is 0 Å². The van der Waals surface area contributed by atoms with Crippen molar-refractivity contribution < 1.29 is 4.74 Å². The number of ether oxygens (including phenoxy) is 1. The van der Waals surface area contributed by atoms with Crippen molar-refractivity contribution in [1.82, 2.24) is 14.9 Å². The third kappa shape index (κ3) is 3.76. The second-order valence-corrected chi connectivity index (χ2v) is 5.99. The first-order valence-electron chi connectivity index (χ1n) is 8.41. The lowest BCUT2D eigenvalue weighted by atomic mass is 10.2. The largest absolute Gasteiger partial charge is 0.495 e. The summed E-state index contributed by atoms with van der Waals surface area (Å²) in [6, 6.07) is 7.98. The number of benzene rings is 1. The van der Waals surface area contributed by atoms with E-state index < -0.39 is 0 Å². The third-order valence-corrected chi connectivity index (χ3v) is 4.39. The highest BCUT2D eigenvalue weighted by molar-refractivity contribution is 5.64. The van der Waals surface area contributed by atoms with E-state index in [1.807, 2.05) is 24.3 Å². The average Bonchev–Trinajstić information content (AvgIpc) is 2.62. The van der Waals surface area contributed by atoms with Crippen LogP contribution in [-0.4, -0.2) is 54.7 Å². The lowest BCUT2D eigenvalue weighted by Crippen LogP contribution is -2.46. The number of piperazine rings is 1. The van der Waals surface area contributed by atoms with Crippen LogP contribution in [0.15, 0.2) is 30.5 Å². The number of hydrogen-bond acceptors (Lipinski definition) is 6. The van der Waals surface area contributed by atoms with Gasteiger partial charge in [0.15, 0.2) is 0 Å². The molecule has 1 saturated heterocycles. The minimum Gasteiger partial charge on any atom is -0.495 e. The highest BCUT2D eigenvalue weighted by Gasteiger charge is 2.17. The predicted molar refractivity (Wildman–Crippen MR) is 97.4 cm³/mol. The summed E-state index contributed by atoms with van der Waals surface area (Å²) in [6.45, 7) is 9.52. The average molecular weight is 327 g/mol. The number of aryl methyl sites for hydroxylation is 1. The number of hydrogen-bond donors (Lipinski definition) is 1. The maximum atomic E-state index is 5.41. The zero-order chi connectivity index (χ0) is 16.9. The number of rotatable bonds is 5. The molecule has 1 aromatic carbocycles. The molecule has 1 aliphatic rings. The number of aromatic nitrogens is 2. The van der Waals surface area contributed by atoms with Gasteiger partial charge in [0.25, 0.3) is 0 Å². The maximum absolute atomic E-state index is 5.41. The van der Waals surface area contributed by atoms with Gasteiger partial charge in [0.2, 0.25) is 5.95 Å². The number of nitrogens with zero attached hydrogens (tertiary/aromatic N) is 4. The van der Waals surface area contributed by atoms with Crippen LogP contribution in [0.2, 0.25) is 0 Å². The van der Waals surface area contributed by atoms with Crippen molar-refractivity contribution in [3.05, 3.63) is 36.0 Å². The van der Waals surface area contributed by atoms with E-state index in [0.29, 0.717) is 5.95 Å². The van der Waals surface area contributed by atoms with Gasteiger partial charge in [-0.25, -0.2) is 4.98 Å². The third-order valence-electron chi connectivity index (χ3n) is 4.39. The van der Waals surface area contributed by atoms with Crippen molar-refractivity contribution in [2.24, 2.45) is 0 Å². The first-order valence-corrected chi connectivity index (χ1v) is 8.41. The molecule has 0 atom stereocenters. The fourth-order valence-corrected chi connectivity index (χ4v) is 2.92. The van der Waals surface area contributed by atoms with Crippen LogP contribution < -0.4 is 15.0 Å². The molecule has 0 unspecified atom stereocenters. The van der Waals surface area contributed by atoms with Crippen LogP contribution in [0.4, 0.5) is 17.5 Å². The Hall–Kier alpha value is -2.34. The number of methoxy groups -OCH3 is 1. The van der Waals surface area contributed by atoms with E-state index in [0.717, 1.165) is 55.5 Å². The molecule has 0 saturated carbocycles. The van der Waals surface area contributed by atoms with Crippen LogP contribution in [-0.2, 0) is 0 Å². The van der Waals surface area contributed by atoms with Crippen LogP contribution >= 0.6 is 0 Å². The Bertz CT molecular complexity index is 683. The number of anilines is 3. The Kier molecular flexibility index (Phi) is 5.15. The molecule has 0 aliphatic carbocycles. The van der Waals surface area contributed by atoms with Crippen LogP contribution in [0.1, 0.15) is 12.5 Å². The predicted octanol–water partition coefficient (Wildman–Crippen LogP) is 2.68. The minimum atomic E-state index is 0.592. The molecule has 24 heavy (non-hydrogen) atoms. The van der Waals surface area contributed by atoms with Crippen molar-refractivity contribution in [1.29, 1.82) is 0 Å². The van der Waals surface area contributed by atoms with Crippen molar-refractivity contribution >= 4 is 17.5 Å². The van der Waals surface area contributed by atoms with Crippen molar-refractivity contribution in [3.8, 4) is 5.75 Å². The molecule has 0 amide bonds. The lowest BCUT2D eigenvalue weighted by molar-refractivity contribution is 0.270. The van der Waals surface area contributed by atoms with Gasteiger partial charge in [-0.1, -0.05) is 13.0 Å². The molecule has 0 bridgehead atoms. The molecule has 0 radical (unpaired) electrons. The molecule has 3 rings (SSSR count). The van der Waals surface area contributed by atoms with E-state index in [2.05, 4.69) is 38.9 Å². The lowest BCUT2D eigenvalue weighted by Gasteiger charge is -2.34. The van der Waals surface area contributed by atoms with E-state index in [9.17, 15) is 0 Å². The summed E-state index contributed by atoms with van der Waals surface area (Å²) < 4.78 is 5.41. The standard InChI is InChI=1S/C18H25N5O/c1-4-22-9-11-23(12-10-22)17-7-8-19-18(21-17)20-15-13-14(2)5-6-16(15)24-3/h5-8,13H,4,9-12H2,1-3H3,(H,19,20,21). The van der Waals surface area contributed by atoms with E-state index >= 15 is 0 Å². The van der Waals surface area contributed by atoms with Gasteiger partial charge < -0.3 is 19.9 Å². The molecule has 2 aromatic rings. The van der Waals surface area contributed by atoms with E-state index in [4.69, 9.17) is 4.74 Å². The van der Waals surface area contributed by atoms with Crippen LogP contribution in [0.5, 0.6) is 5.75 Å². The molecule has 128 valence electrons. The molecular formula is C18H25N5O. The van der Waals surface area contributed by atoms with Crippen molar-refractivity contribution in [2.75, 3.05) is 50.1 Å². The van der Waals surface area contributed by atoms with Gasteiger partial charge in [-0.05, 0) is 37.2 Å². The SMILES string of the molecule is CCN1CCN(c2ccnc(Nc3cc(C)ccc3OC)n2)CC1. The quantitative estimate of drug-likeness (QED) is 0.911. The monoisotopic (exact) mass is 327 g/mol. The molecule has 6 heteroatoms. The topological polar surface area (TPSA) is 53.5 Å². The zero-order valence-corrected chi connectivity index (χ0v) is 14.6. The molecule has 1 N–H and O–H groups in total. The van der Waals surface area contributed by atoms with Gasteiger partial charge in [-0.15, -0.1) is 0 Å². The summed E-state index contributed by atoms with van der Waals surface area (Å²) in [4.78, 5) is 13.8. The van der Waals surface area contributed by atoms with Crippen LogP contribution in [0.3, 0.4) is 0 Å².